The van der Waals surface area contributed by atoms with Crippen molar-refractivity contribution in [3.8, 4) is 0 Å². The zero-order valence-corrected chi connectivity index (χ0v) is 24.6. The normalized spacial score (nSPS) is 19.1. The number of hydrazone groups is 2. The van der Waals surface area contributed by atoms with Crippen LogP contribution in [0.5, 0.6) is 0 Å². The van der Waals surface area contributed by atoms with Gasteiger partial charge in [-0.3, -0.25) is 4.79 Å². The summed E-state index contributed by atoms with van der Waals surface area (Å²) in [7, 11) is -3.52. The number of nitrogens with zero attached hydrogens (tertiary/aromatic N) is 4. The van der Waals surface area contributed by atoms with Gasteiger partial charge in [-0.05, 0) is 37.3 Å². The fraction of sp³-hybridized carbons (Fsp3) is 0.464. The van der Waals surface area contributed by atoms with E-state index < -0.39 is 16.5 Å². The quantitative estimate of drug-likeness (QED) is 0.279. The molecular weight excluding hydrogens is 465 g/mol. The minimum atomic E-state index is -1.76. The van der Waals surface area contributed by atoms with E-state index in [0.29, 0.717) is 0 Å². The second-order valence-electron chi connectivity index (χ2n) is 11.5. The molecule has 1 saturated carbocycles. The van der Waals surface area contributed by atoms with Gasteiger partial charge in [-0.15, -0.1) is 0 Å². The van der Waals surface area contributed by atoms with Crippen LogP contribution >= 0.6 is 0 Å². The second-order valence-corrected chi connectivity index (χ2v) is 21.2. The summed E-state index contributed by atoms with van der Waals surface area (Å²) in [6, 6.07) is 21.0. The predicted octanol–water partition coefficient (Wildman–Crippen LogP) is 6.76. The highest BCUT2D eigenvalue weighted by Gasteiger charge is 2.34. The maximum atomic E-state index is 13.0. The van der Waals surface area contributed by atoms with Gasteiger partial charge in [0.15, 0.2) is 16.5 Å². The number of carbonyl (C=O) groups excluding carboxylic acids is 1. The Kier molecular flexibility index (Phi) is 8.88. The monoisotopic (exact) mass is 506 g/mol. The first kappa shape index (κ1) is 27.1. The molecule has 0 saturated heterocycles. The maximum Gasteiger partial charge on any atom is 0.169 e. The van der Waals surface area contributed by atoms with Crippen molar-refractivity contribution in [1.82, 2.24) is 9.35 Å². The van der Waals surface area contributed by atoms with Gasteiger partial charge in [0.05, 0.1) is 30.4 Å². The van der Waals surface area contributed by atoms with E-state index in [1.54, 1.807) is 6.92 Å². The van der Waals surface area contributed by atoms with Crippen molar-refractivity contribution < 1.29 is 4.79 Å². The number of hydrogen-bond donors (Lipinski definition) is 0. The first-order valence-electron chi connectivity index (χ1n) is 12.7. The lowest BCUT2D eigenvalue weighted by atomic mass is 9.83. The van der Waals surface area contributed by atoms with Crippen LogP contribution < -0.4 is 0 Å². The highest BCUT2D eigenvalue weighted by molar-refractivity contribution is 6.73. The molecule has 0 aromatic heterocycles. The van der Waals surface area contributed by atoms with Gasteiger partial charge in [0.25, 0.3) is 0 Å². The van der Waals surface area contributed by atoms with Gasteiger partial charge in [0.2, 0.25) is 0 Å². The first-order chi connectivity index (χ1) is 16.4. The zero-order valence-electron chi connectivity index (χ0n) is 22.6. The fourth-order valence-electron chi connectivity index (χ4n) is 4.28. The van der Waals surface area contributed by atoms with Crippen molar-refractivity contribution in [2.45, 2.75) is 78.6 Å². The second kappa shape index (κ2) is 11.5. The molecule has 0 N–H and O–H groups in total. The molecule has 0 radical (unpaired) electrons. The average molecular weight is 507 g/mol. The van der Waals surface area contributed by atoms with Crippen molar-refractivity contribution in [1.29, 1.82) is 0 Å². The molecule has 1 aliphatic rings. The maximum absolute atomic E-state index is 13.0. The lowest BCUT2D eigenvalue weighted by Crippen LogP contribution is -2.46. The van der Waals surface area contributed by atoms with E-state index in [1.807, 2.05) is 12.1 Å². The molecule has 1 fully saturated rings. The smallest absolute Gasteiger partial charge is 0.169 e. The fourth-order valence-corrected chi connectivity index (χ4v) is 6.45. The van der Waals surface area contributed by atoms with E-state index in [2.05, 4.69) is 97.2 Å². The molecular formula is C28H42N4OSi2. The van der Waals surface area contributed by atoms with E-state index in [-0.39, 0.29) is 11.7 Å². The predicted molar refractivity (Wildman–Crippen MR) is 154 cm³/mol. The van der Waals surface area contributed by atoms with Crippen LogP contribution in [0.1, 0.15) is 37.3 Å². The summed E-state index contributed by atoms with van der Waals surface area (Å²) in [5.74, 6) is -0.180. The summed E-state index contributed by atoms with van der Waals surface area (Å²) in [6.45, 7) is 17.1. The Morgan fingerprint density at radius 2 is 1.11 bits per heavy atom. The van der Waals surface area contributed by atoms with Crippen LogP contribution in [0.4, 0.5) is 0 Å². The van der Waals surface area contributed by atoms with E-state index in [1.165, 1.54) is 11.1 Å². The van der Waals surface area contributed by atoms with Crippen LogP contribution in [-0.2, 0) is 17.9 Å². The third-order valence-corrected chi connectivity index (χ3v) is 9.95. The van der Waals surface area contributed by atoms with Crippen molar-refractivity contribution in [3.05, 3.63) is 71.8 Å². The highest BCUT2D eigenvalue weighted by Crippen LogP contribution is 2.26. The SMILES string of the molecule is CC(=O)C1/C(=N/N(Cc2ccccc2)[Si](C)(C)C)CCC/C1=N\N(Cc1ccccc1)[Si](C)(C)C. The number of hydrogen-bond acceptors (Lipinski definition) is 5. The standard InChI is InChI=1S/C28H42N4OSi2/c1-23(33)28-26(29-31(34(2,3)4)21-24-15-10-8-11-16-24)19-14-20-27(28)30-32(35(5,6)7)22-25-17-12-9-13-18-25/h8-13,15-18,28H,14,19-22H2,1-7H3/b29-26+,30-27+. The van der Waals surface area contributed by atoms with Crippen molar-refractivity contribution in [2.75, 3.05) is 0 Å². The Bertz CT molecular complexity index is 963. The molecule has 0 bridgehead atoms. The Morgan fingerprint density at radius 1 is 0.743 bits per heavy atom. The Morgan fingerprint density at radius 3 is 1.43 bits per heavy atom. The summed E-state index contributed by atoms with van der Waals surface area (Å²) >= 11 is 0. The molecule has 188 valence electrons. The summed E-state index contributed by atoms with van der Waals surface area (Å²) in [5, 5.41) is 10.4. The molecule has 0 atom stereocenters. The van der Waals surface area contributed by atoms with Gasteiger partial charge in [-0.2, -0.15) is 10.2 Å². The van der Waals surface area contributed by atoms with E-state index in [9.17, 15) is 4.79 Å². The third-order valence-electron chi connectivity index (χ3n) is 6.34. The lowest BCUT2D eigenvalue weighted by Gasteiger charge is -2.36. The molecule has 0 spiro atoms. The average Bonchev–Trinajstić information content (AvgIpc) is 2.78. The van der Waals surface area contributed by atoms with E-state index in [4.69, 9.17) is 10.2 Å². The molecule has 3 rings (SSSR count). The van der Waals surface area contributed by atoms with E-state index >= 15 is 0 Å². The lowest BCUT2D eigenvalue weighted by molar-refractivity contribution is -0.117. The van der Waals surface area contributed by atoms with Crippen LogP contribution in [0, 0.1) is 5.92 Å². The van der Waals surface area contributed by atoms with Crippen LogP contribution in [0.15, 0.2) is 70.9 Å². The van der Waals surface area contributed by atoms with Gasteiger partial charge in [0, 0.05) is 0 Å². The van der Waals surface area contributed by atoms with Crippen molar-refractivity contribution in [2.24, 2.45) is 16.1 Å². The molecule has 2 aromatic rings. The molecule has 0 aliphatic heterocycles. The zero-order chi connectivity index (χ0) is 25.6. The Hall–Kier alpha value is -2.52. The van der Waals surface area contributed by atoms with Crippen molar-refractivity contribution >= 4 is 33.7 Å². The topological polar surface area (TPSA) is 48.3 Å². The summed E-state index contributed by atoms with van der Waals surface area (Å²) in [6.07, 6.45) is 2.69. The largest absolute Gasteiger partial charge is 0.320 e. The number of ketones is 1. The van der Waals surface area contributed by atoms with Gasteiger partial charge in [0.1, 0.15) is 5.78 Å². The van der Waals surface area contributed by atoms with Gasteiger partial charge < -0.3 is 9.35 Å². The van der Waals surface area contributed by atoms with Crippen LogP contribution in [-0.4, -0.2) is 43.0 Å². The summed E-state index contributed by atoms with van der Waals surface area (Å²) in [5.41, 5.74) is 4.46. The molecule has 35 heavy (non-hydrogen) atoms. The van der Waals surface area contributed by atoms with E-state index in [0.717, 1.165) is 43.8 Å². The van der Waals surface area contributed by atoms with Crippen LogP contribution in [0.25, 0.3) is 0 Å². The minimum absolute atomic E-state index is 0.146. The van der Waals surface area contributed by atoms with Crippen LogP contribution in [0.3, 0.4) is 0 Å². The molecule has 0 amide bonds. The minimum Gasteiger partial charge on any atom is -0.320 e. The molecule has 2 aromatic carbocycles. The van der Waals surface area contributed by atoms with Gasteiger partial charge >= 0.3 is 0 Å². The number of benzene rings is 2. The third kappa shape index (κ3) is 7.73. The van der Waals surface area contributed by atoms with Crippen LogP contribution in [0.2, 0.25) is 39.3 Å². The molecule has 0 unspecified atom stereocenters. The van der Waals surface area contributed by atoms with Gasteiger partial charge in [-0.25, -0.2) is 0 Å². The molecule has 1 aliphatic carbocycles. The Labute approximate surface area is 214 Å². The Balaban J connectivity index is 1.96. The van der Waals surface area contributed by atoms with Gasteiger partial charge in [-0.1, -0.05) is 99.9 Å². The molecule has 0 heterocycles. The number of rotatable bonds is 9. The highest BCUT2D eigenvalue weighted by atomic mass is 28.3. The molecule has 7 heteroatoms. The molecule has 5 nitrogen and oxygen atoms in total. The number of carbonyl (C=O) groups is 1. The van der Waals surface area contributed by atoms with Crippen molar-refractivity contribution in [3.63, 3.8) is 0 Å². The first-order valence-corrected chi connectivity index (χ1v) is 19.6. The number of Topliss-reactive ketones (excluding diaryl/α,β-unsaturated/α-hetero) is 1. The summed E-state index contributed by atoms with van der Waals surface area (Å²) in [4.78, 5) is 13.0. The summed E-state index contributed by atoms with van der Waals surface area (Å²) < 4.78 is 4.55.